The summed E-state index contributed by atoms with van der Waals surface area (Å²) in [5, 5.41) is 8.02. The fourth-order valence-corrected chi connectivity index (χ4v) is 2.07. The maximum absolute atomic E-state index is 5.61. The first-order chi connectivity index (χ1) is 8.28. The van der Waals surface area contributed by atoms with Crippen molar-refractivity contribution in [3.63, 3.8) is 0 Å². The molecule has 0 aliphatic carbocycles. The van der Waals surface area contributed by atoms with E-state index < -0.39 is 0 Å². The van der Waals surface area contributed by atoms with Crippen LogP contribution >= 0.6 is 0 Å². The van der Waals surface area contributed by atoms with Crippen LogP contribution < -0.4 is 5.73 Å². The summed E-state index contributed by atoms with van der Waals surface area (Å²) in [5.74, 6) is 0. The van der Waals surface area contributed by atoms with Crippen LogP contribution in [0, 0.1) is 0 Å². The molecule has 1 aliphatic heterocycles. The first-order valence-electron chi connectivity index (χ1n) is 6.21. The van der Waals surface area contributed by atoms with Crippen LogP contribution in [-0.4, -0.2) is 52.2 Å². The summed E-state index contributed by atoms with van der Waals surface area (Å²) >= 11 is 0. The van der Waals surface area contributed by atoms with Crippen molar-refractivity contribution < 1.29 is 4.74 Å². The number of ether oxygens (including phenoxy) is 1. The van der Waals surface area contributed by atoms with E-state index in [9.17, 15) is 0 Å². The molecule has 0 bridgehead atoms. The lowest BCUT2D eigenvalue weighted by atomic mass is 10.3. The Morgan fingerprint density at radius 3 is 3.18 bits per heavy atom. The van der Waals surface area contributed by atoms with Gasteiger partial charge in [-0.2, -0.15) is 0 Å². The highest BCUT2D eigenvalue weighted by molar-refractivity contribution is 4.90. The molecule has 2 rings (SSSR count). The lowest BCUT2D eigenvalue weighted by Gasteiger charge is -2.21. The molecule has 6 heteroatoms. The van der Waals surface area contributed by atoms with Gasteiger partial charge in [0.05, 0.1) is 18.3 Å². The maximum Gasteiger partial charge on any atom is 0.0962 e. The SMILES string of the molecule is CC1CN(CCn2cc(CN)nn2)CCCO1. The molecule has 1 fully saturated rings. The average molecular weight is 239 g/mol. The van der Waals surface area contributed by atoms with Gasteiger partial charge in [-0.1, -0.05) is 5.21 Å². The Balaban J connectivity index is 1.80. The minimum atomic E-state index is 0.327. The summed E-state index contributed by atoms with van der Waals surface area (Å²) in [6.07, 6.45) is 3.35. The molecular weight excluding hydrogens is 218 g/mol. The maximum atomic E-state index is 5.61. The third-order valence-electron chi connectivity index (χ3n) is 2.98. The minimum absolute atomic E-state index is 0.327. The zero-order valence-electron chi connectivity index (χ0n) is 10.4. The van der Waals surface area contributed by atoms with Gasteiger partial charge in [-0.3, -0.25) is 9.58 Å². The predicted octanol–water partition coefficient (Wildman–Crippen LogP) is -0.152. The van der Waals surface area contributed by atoms with E-state index in [0.717, 1.165) is 44.9 Å². The highest BCUT2D eigenvalue weighted by atomic mass is 16.5. The smallest absolute Gasteiger partial charge is 0.0962 e. The summed E-state index contributed by atoms with van der Waals surface area (Å²) in [7, 11) is 0. The molecule has 0 saturated carbocycles. The molecular formula is C11H21N5O. The van der Waals surface area contributed by atoms with Crippen molar-refractivity contribution in [3.05, 3.63) is 11.9 Å². The van der Waals surface area contributed by atoms with Gasteiger partial charge in [-0.25, -0.2) is 0 Å². The van der Waals surface area contributed by atoms with E-state index in [1.54, 1.807) is 0 Å². The lowest BCUT2D eigenvalue weighted by molar-refractivity contribution is 0.0671. The van der Waals surface area contributed by atoms with Crippen molar-refractivity contribution in [2.24, 2.45) is 5.73 Å². The number of rotatable bonds is 4. The Bertz CT molecular complexity index is 340. The lowest BCUT2D eigenvalue weighted by Crippen LogP contribution is -2.33. The van der Waals surface area contributed by atoms with E-state index in [1.165, 1.54) is 0 Å². The molecule has 1 aromatic rings. The minimum Gasteiger partial charge on any atom is -0.377 e. The normalized spacial score (nSPS) is 22.6. The fourth-order valence-electron chi connectivity index (χ4n) is 2.07. The Hall–Kier alpha value is -0.980. The van der Waals surface area contributed by atoms with Crippen LogP contribution in [0.5, 0.6) is 0 Å². The van der Waals surface area contributed by atoms with E-state index in [2.05, 4.69) is 22.1 Å². The number of aromatic nitrogens is 3. The van der Waals surface area contributed by atoms with Gasteiger partial charge in [0.15, 0.2) is 0 Å². The Labute approximate surface area is 102 Å². The van der Waals surface area contributed by atoms with Crippen molar-refractivity contribution in [1.29, 1.82) is 0 Å². The second-order valence-electron chi connectivity index (χ2n) is 4.51. The van der Waals surface area contributed by atoms with Crippen molar-refractivity contribution in [1.82, 2.24) is 19.9 Å². The molecule has 96 valence electrons. The second-order valence-corrected chi connectivity index (χ2v) is 4.51. The fraction of sp³-hybridized carbons (Fsp3) is 0.818. The zero-order valence-corrected chi connectivity index (χ0v) is 10.4. The molecule has 1 aromatic heterocycles. The van der Waals surface area contributed by atoms with Crippen molar-refractivity contribution in [2.45, 2.75) is 32.5 Å². The highest BCUT2D eigenvalue weighted by Crippen LogP contribution is 2.05. The van der Waals surface area contributed by atoms with Crippen molar-refractivity contribution in [3.8, 4) is 0 Å². The summed E-state index contributed by atoms with van der Waals surface area (Å²) in [4.78, 5) is 2.42. The first kappa shape index (κ1) is 12.5. The molecule has 1 atom stereocenters. The van der Waals surface area contributed by atoms with Crippen LogP contribution in [0.2, 0.25) is 0 Å². The van der Waals surface area contributed by atoms with Gasteiger partial charge in [0, 0.05) is 39.0 Å². The molecule has 0 aromatic carbocycles. The quantitative estimate of drug-likeness (QED) is 0.791. The summed E-state index contributed by atoms with van der Waals surface area (Å²) in [6.45, 7) is 7.40. The largest absolute Gasteiger partial charge is 0.377 e. The van der Waals surface area contributed by atoms with Gasteiger partial charge < -0.3 is 10.5 Å². The summed E-state index contributed by atoms with van der Waals surface area (Å²) in [6, 6.07) is 0. The van der Waals surface area contributed by atoms with E-state index >= 15 is 0 Å². The number of hydrogen-bond donors (Lipinski definition) is 1. The third kappa shape index (κ3) is 3.76. The molecule has 2 N–H and O–H groups in total. The second kappa shape index (κ2) is 6.09. The third-order valence-corrected chi connectivity index (χ3v) is 2.98. The number of nitrogens with two attached hydrogens (primary N) is 1. The van der Waals surface area contributed by atoms with Gasteiger partial charge in [0.2, 0.25) is 0 Å². The number of nitrogens with zero attached hydrogens (tertiary/aromatic N) is 4. The van der Waals surface area contributed by atoms with E-state index in [4.69, 9.17) is 10.5 Å². The molecule has 2 heterocycles. The van der Waals surface area contributed by atoms with Crippen LogP contribution in [0.4, 0.5) is 0 Å². The van der Waals surface area contributed by atoms with E-state index in [-0.39, 0.29) is 0 Å². The van der Waals surface area contributed by atoms with Gasteiger partial charge >= 0.3 is 0 Å². The molecule has 0 spiro atoms. The monoisotopic (exact) mass is 239 g/mol. The van der Waals surface area contributed by atoms with Crippen LogP contribution in [0.25, 0.3) is 0 Å². The highest BCUT2D eigenvalue weighted by Gasteiger charge is 2.14. The van der Waals surface area contributed by atoms with E-state index in [0.29, 0.717) is 12.6 Å². The molecule has 0 amide bonds. The molecule has 6 nitrogen and oxygen atoms in total. The predicted molar refractivity (Wildman–Crippen MR) is 64.4 cm³/mol. The zero-order chi connectivity index (χ0) is 12.1. The van der Waals surface area contributed by atoms with Gasteiger partial charge in [-0.05, 0) is 13.3 Å². The molecule has 1 saturated heterocycles. The molecule has 17 heavy (non-hydrogen) atoms. The Morgan fingerprint density at radius 2 is 2.41 bits per heavy atom. The summed E-state index contributed by atoms with van der Waals surface area (Å²) < 4.78 is 7.47. The first-order valence-corrected chi connectivity index (χ1v) is 6.21. The summed E-state index contributed by atoms with van der Waals surface area (Å²) in [5.41, 5.74) is 6.34. The number of hydrogen-bond acceptors (Lipinski definition) is 5. The van der Waals surface area contributed by atoms with Crippen LogP contribution in [0.1, 0.15) is 19.0 Å². The standard InChI is InChI=1S/C11H21N5O/c1-10-8-15(3-2-6-17-10)4-5-16-9-11(7-12)13-14-16/h9-10H,2-8,12H2,1H3. The molecule has 0 radical (unpaired) electrons. The van der Waals surface area contributed by atoms with Crippen molar-refractivity contribution >= 4 is 0 Å². The van der Waals surface area contributed by atoms with Crippen LogP contribution in [-0.2, 0) is 17.8 Å². The molecule has 1 unspecified atom stereocenters. The van der Waals surface area contributed by atoms with Gasteiger partial charge in [-0.15, -0.1) is 5.10 Å². The molecule has 1 aliphatic rings. The van der Waals surface area contributed by atoms with Crippen LogP contribution in [0.3, 0.4) is 0 Å². The Morgan fingerprint density at radius 1 is 1.53 bits per heavy atom. The van der Waals surface area contributed by atoms with Gasteiger partial charge in [0.25, 0.3) is 0 Å². The topological polar surface area (TPSA) is 69.2 Å². The average Bonchev–Trinajstić information content (AvgIpc) is 2.69. The van der Waals surface area contributed by atoms with Crippen molar-refractivity contribution in [2.75, 3.05) is 26.2 Å². The van der Waals surface area contributed by atoms with E-state index in [1.807, 2.05) is 10.9 Å². The van der Waals surface area contributed by atoms with Crippen LogP contribution in [0.15, 0.2) is 6.20 Å². The Kier molecular flexibility index (Phi) is 4.47. The van der Waals surface area contributed by atoms with Gasteiger partial charge in [0.1, 0.15) is 0 Å².